The van der Waals surface area contributed by atoms with E-state index in [4.69, 9.17) is 0 Å². The molecule has 8 heteroatoms. The predicted molar refractivity (Wildman–Crippen MR) is 74.2 cm³/mol. The first-order valence-corrected chi connectivity index (χ1v) is 7.27. The molecule has 0 saturated heterocycles. The van der Waals surface area contributed by atoms with Crippen molar-refractivity contribution in [2.24, 2.45) is 0 Å². The molecule has 0 aliphatic rings. The lowest BCUT2D eigenvalue weighted by molar-refractivity contribution is -0.194. The third-order valence-corrected chi connectivity index (χ3v) is 4.00. The van der Waals surface area contributed by atoms with Crippen LogP contribution in [-0.2, 0) is 4.79 Å². The quantitative estimate of drug-likeness (QED) is 0.846. The zero-order valence-electron chi connectivity index (χ0n) is 11.7. The summed E-state index contributed by atoms with van der Waals surface area (Å²) in [6, 6.07) is 3.33. The van der Waals surface area contributed by atoms with Crippen LogP contribution in [0.3, 0.4) is 0 Å². The number of thiophene rings is 1. The largest absolute Gasteiger partial charge is 0.411 e. The van der Waals surface area contributed by atoms with Gasteiger partial charge in [-0.15, -0.1) is 11.3 Å². The lowest BCUT2D eigenvalue weighted by Gasteiger charge is -2.31. The molecule has 0 spiro atoms. The van der Waals surface area contributed by atoms with E-state index in [1.165, 1.54) is 18.3 Å². The number of hydrogen-bond acceptors (Lipinski definition) is 3. The van der Waals surface area contributed by atoms with E-state index in [1.54, 1.807) is 17.5 Å². The van der Waals surface area contributed by atoms with Gasteiger partial charge in [0.05, 0.1) is 4.88 Å². The first-order chi connectivity index (χ1) is 9.69. The summed E-state index contributed by atoms with van der Waals surface area (Å²) in [4.78, 5) is 23.6. The van der Waals surface area contributed by atoms with Gasteiger partial charge < -0.3 is 10.6 Å². The zero-order chi connectivity index (χ0) is 16.1. The highest BCUT2D eigenvalue weighted by Crippen LogP contribution is 2.32. The molecule has 1 heterocycles. The molecule has 2 N–H and O–H groups in total. The van der Waals surface area contributed by atoms with E-state index in [-0.39, 0.29) is 25.3 Å². The Morgan fingerprint density at radius 1 is 1.33 bits per heavy atom. The summed E-state index contributed by atoms with van der Waals surface area (Å²) in [5, 5.41) is 6.20. The predicted octanol–water partition coefficient (Wildman–Crippen LogP) is 2.72. The van der Waals surface area contributed by atoms with Crippen LogP contribution in [0.4, 0.5) is 13.2 Å². The maximum atomic E-state index is 12.8. The highest BCUT2D eigenvalue weighted by Gasteiger charge is 2.50. The van der Waals surface area contributed by atoms with Gasteiger partial charge in [0.1, 0.15) is 5.54 Å². The Balaban J connectivity index is 2.42. The third kappa shape index (κ3) is 4.73. The van der Waals surface area contributed by atoms with Gasteiger partial charge in [-0.05, 0) is 24.8 Å². The van der Waals surface area contributed by atoms with Crippen LogP contribution in [-0.4, -0.2) is 30.1 Å². The first-order valence-electron chi connectivity index (χ1n) is 6.39. The summed E-state index contributed by atoms with van der Waals surface area (Å²) in [5.41, 5.74) is -2.25. The highest BCUT2D eigenvalue weighted by molar-refractivity contribution is 7.12. The van der Waals surface area contributed by atoms with Crippen molar-refractivity contribution in [2.75, 3.05) is 6.54 Å². The molecule has 1 aromatic heterocycles. The van der Waals surface area contributed by atoms with Gasteiger partial charge in [0.15, 0.2) is 0 Å². The Bertz CT molecular complexity index is 488. The van der Waals surface area contributed by atoms with Crippen LogP contribution in [0.1, 0.15) is 36.4 Å². The summed E-state index contributed by atoms with van der Waals surface area (Å²) < 4.78 is 38.5. The van der Waals surface area contributed by atoms with Gasteiger partial charge in [0.2, 0.25) is 5.91 Å². The standard InChI is InChI=1S/C13H17F3N2O2S/c1-3-12(2,13(14,15)16)18-10(19)6-7-17-11(20)9-5-4-8-21-9/h4-5,8H,3,6-7H2,1-2H3,(H,17,20)(H,18,19)/t12-/m1/s1. The van der Waals surface area contributed by atoms with Crippen molar-refractivity contribution in [1.29, 1.82) is 0 Å². The average Bonchev–Trinajstić information content (AvgIpc) is 2.90. The summed E-state index contributed by atoms with van der Waals surface area (Å²) in [6.07, 6.45) is -4.98. The maximum absolute atomic E-state index is 12.8. The molecule has 1 rings (SSSR count). The van der Waals surface area contributed by atoms with E-state index >= 15 is 0 Å². The fraction of sp³-hybridized carbons (Fsp3) is 0.538. The van der Waals surface area contributed by atoms with Crippen molar-refractivity contribution in [3.05, 3.63) is 22.4 Å². The molecule has 4 nitrogen and oxygen atoms in total. The van der Waals surface area contributed by atoms with E-state index in [2.05, 4.69) is 5.32 Å². The number of rotatable bonds is 6. The Hall–Kier alpha value is -1.57. The van der Waals surface area contributed by atoms with Crippen LogP contribution in [0.2, 0.25) is 0 Å². The van der Waals surface area contributed by atoms with Gasteiger partial charge in [0, 0.05) is 13.0 Å². The minimum absolute atomic E-state index is 0.0137. The van der Waals surface area contributed by atoms with Crippen LogP contribution in [0, 0.1) is 0 Å². The first kappa shape index (κ1) is 17.5. The number of halogens is 3. The smallest absolute Gasteiger partial charge is 0.351 e. The average molecular weight is 322 g/mol. The summed E-state index contributed by atoms with van der Waals surface area (Å²) in [6.45, 7) is 2.28. The molecule has 0 aliphatic carbocycles. The Labute approximate surface area is 124 Å². The molecule has 0 aliphatic heterocycles. The monoisotopic (exact) mass is 322 g/mol. The molecule has 0 bridgehead atoms. The number of carbonyl (C=O) groups is 2. The van der Waals surface area contributed by atoms with Gasteiger partial charge in [0.25, 0.3) is 5.91 Å². The Morgan fingerprint density at radius 2 is 2.00 bits per heavy atom. The number of hydrogen-bond donors (Lipinski definition) is 2. The Morgan fingerprint density at radius 3 is 2.48 bits per heavy atom. The topological polar surface area (TPSA) is 58.2 Å². The number of amides is 2. The Kier molecular flexibility index (Phi) is 5.77. The van der Waals surface area contributed by atoms with Crippen molar-refractivity contribution in [3.8, 4) is 0 Å². The van der Waals surface area contributed by atoms with Crippen LogP contribution in [0.25, 0.3) is 0 Å². The molecule has 2 amide bonds. The molecule has 118 valence electrons. The second-order valence-corrected chi connectivity index (χ2v) is 5.66. The van der Waals surface area contributed by atoms with Gasteiger partial charge in [-0.3, -0.25) is 9.59 Å². The van der Waals surface area contributed by atoms with E-state index in [0.717, 1.165) is 6.92 Å². The van der Waals surface area contributed by atoms with Crippen LogP contribution in [0.5, 0.6) is 0 Å². The van der Waals surface area contributed by atoms with Crippen LogP contribution < -0.4 is 10.6 Å². The molecule has 1 atom stereocenters. The van der Waals surface area contributed by atoms with Crippen molar-refractivity contribution >= 4 is 23.2 Å². The minimum Gasteiger partial charge on any atom is -0.351 e. The zero-order valence-corrected chi connectivity index (χ0v) is 12.5. The normalized spacial score (nSPS) is 14.3. The van der Waals surface area contributed by atoms with E-state index in [0.29, 0.717) is 4.88 Å². The molecule has 0 fully saturated rings. The van der Waals surface area contributed by atoms with Crippen molar-refractivity contribution in [1.82, 2.24) is 10.6 Å². The second-order valence-electron chi connectivity index (χ2n) is 4.71. The summed E-state index contributed by atoms with van der Waals surface area (Å²) in [5.74, 6) is -1.09. The molecule has 0 saturated carbocycles. The minimum atomic E-state index is -4.52. The van der Waals surface area contributed by atoms with Crippen molar-refractivity contribution < 1.29 is 22.8 Å². The van der Waals surface area contributed by atoms with Crippen LogP contribution >= 0.6 is 11.3 Å². The molecule has 0 radical (unpaired) electrons. The molecule has 0 unspecified atom stereocenters. The molecule has 21 heavy (non-hydrogen) atoms. The number of carbonyl (C=O) groups excluding carboxylic acids is 2. The summed E-state index contributed by atoms with van der Waals surface area (Å²) in [7, 11) is 0. The fourth-order valence-corrected chi connectivity index (χ4v) is 2.15. The van der Waals surface area contributed by atoms with Crippen molar-refractivity contribution in [3.63, 3.8) is 0 Å². The van der Waals surface area contributed by atoms with Gasteiger partial charge in [-0.2, -0.15) is 13.2 Å². The van der Waals surface area contributed by atoms with Gasteiger partial charge in [-0.1, -0.05) is 13.0 Å². The number of alkyl halides is 3. The summed E-state index contributed by atoms with van der Waals surface area (Å²) >= 11 is 1.25. The van der Waals surface area contributed by atoms with E-state index < -0.39 is 17.6 Å². The third-order valence-electron chi connectivity index (χ3n) is 3.13. The lowest BCUT2D eigenvalue weighted by Crippen LogP contribution is -2.56. The SMILES string of the molecule is CC[C@@](C)(NC(=O)CCNC(=O)c1cccs1)C(F)(F)F. The van der Waals surface area contributed by atoms with Gasteiger partial charge in [-0.25, -0.2) is 0 Å². The number of nitrogens with one attached hydrogen (secondary N) is 2. The highest BCUT2D eigenvalue weighted by atomic mass is 32.1. The van der Waals surface area contributed by atoms with E-state index in [9.17, 15) is 22.8 Å². The van der Waals surface area contributed by atoms with E-state index in [1.807, 2.05) is 5.32 Å². The molecular weight excluding hydrogens is 305 g/mol. The molecule has 0 aromatic carbocycles. The molecular formula is C13H17F3N2O2S. The lowest BCUT2D eigenvalue weighted by atomic mass is 9.98. The van der Waals surface area contributed by atoms with Crippen molar-refractivity contribution in [2.45, 2.75) is 38.4 Å². The molecule has 1 aromatic rings. The maximum Gasteiger partial charge on any atom is 0.411 e. The fourth-order valence-electron chi connectivity index (χ4n) is 1.51. The van der Waals surface area contributed by atoms with Gasteiger partial charge >= 0.3 is 6.18 Å². The van der Waals surface area contributed by atoms with Crippen LogP contribution in [0.15, 0.2) is 17.5 Å². The second kappa shape index (κ2) is 6.93.